The molecule has 186 valence electrons. The van der Waals surface area contributed by atoms with Crippen molar-refractivity contribution in [1.29, 1.82) is 0 Å². The molecule has 2 bridgehead atoms. The molecule has 1 aromatic heterocycles. The second kappa shape index (κ2) is 8.21. The number of amides is 3. The number of aromatic nitrogens is 1. The number of anilines is 1. The number of nitrogens with zero attached hydrogens (tertiary/aromatic N) is 3. The second-order valence-corrected chi connectivity index (χ2v) is 8.63. The lowest BCUT2D eigenvalue weighted by Gasteiger charge is -2.33. The first-order valence-corrected chi connectivity index (χ1v) is 10.7. The van der Waals surface area contributed by atoms with Crippen molar-refractivity contribution in [1.82, 2.24) is 14.8 Å². The highest BCUT2D eigenvalue weighted by Gasteiger charge is 2.44. The van der Waals surface area contributed by atoms with Gasteiger partial charge >= 0.3 is 12.2 Å². The van der Waals surface area contributed by atoms with E-state index in [-0.39, 0.29) is 30.7 Å². The smallest absolute Gasteiger partial charge is 0.421 e. The van der Waals surface area contributed by atoms with Gasteiger partial charge in [-0.2, -0.15) is 13.2 Å². The topological polar surface area (TPSA) is 74.8 Å². The fourth-order valence-corrected chi connectivity index (χ4v) is 4.89. The summed E-state index contributed by atoms with van der Waals surface area (Å²) >= 11 is 0. The molecular formula is C23H21F5N4O3. The van der Waals surface area contributed by atoms with Crippen molar-refractivity contribution in [2.75, 3.05) is 25.5 Å². The Labute approximate surface area is 197 Å². The van der Waals surface area contributed by atoms with Gasteiger partial charge in [-0.05, 0) is 41.7 Å². The lowest BCUT2D eigenvalue weighted by molar-refractivity contribution is -0.139. The third-order valence-corrected chi connectivity index (χ3v) is 6.51. The van der Waals surface area contributed by atoms with Crippen LogP contribution in [0.25, 0.3) is 5.57 Å². The second-order valence-electron chi connectivity index (χ2n) is 8.63. The highest BCUT2D eigenvalue weighted by Crippen LogP contribution is 2.44. The average molecular weight is 496 g/mol. The van der Waals surface area contributed by atoms with Crippen LogP contribution >= 0.6 is 0 Å². The molecule has 0 spiro atoms. The molecule has 1 aliphatic carbocycles. The number of pyridine rings is 1. The van der Waals surface area contributed by atoms with Gasteiger partial charge in [-0.15, -0.1) is 0 Å². The first-order valence-electron chi connectivity index (χ1n) is 10.7. The number of likely N-dealkylation sites (tertiary alicyclic amines) is 1. The number of alkyl halides is 3. The normalized spacial score (nSPS) is 21.1. The number of urea groups is 1. The van der Waals surface area contributed by atoms with Gasteiger partial charge in [0.25, 0.3) is 0 Å². The number of benzene rings is 1. The SMILES string of the molecule is COc1ncc(C2=CC3C[C@H]2N(C(=O)CN2Cc4c(ccc(F)c4F)NC2=O)C3)cc1C(F)(F)F.[HH]. The molecule has 1 N–H and O–H groups in total. The molecule has 2 atom stereocenters. The lowest BCUT2D eigenvalue weighted by Crippen LogP contribution is -2.48. The molecule has 0 radical (unpaired) electrons. The van der Waals surface area contributed by atoms with Gasteiger partial charge in [0.15, 0.2) is 11.6 Å². The Hall–Kier alpha value is -3.70. The maximum atomic E-state index is 14.2. The van der Waals surface area contributed by atoms with Crippen molar-refractivity contribution in [2.24, 2.45) is 5.92 Å². The minimum atomic E-state index is -4.67. The number of hydrogen-bond acceptors (Lipinski definition) is 4. The van der Waals surface area contributed by atoms with Crippen LogP contribution in [0.4, 0.5) is 32.4 Å². The number of rotatable bonds is 4. The zero-order chi connectivity index (χ0) is 25.1. The quantitative estimate of drug-likeness (QED) is 0.641. The largest absolute Gasteiger partial charge is 0.481 e. The van der Waals surface area contributed by atoms with Gasteiger partial charge < -0.3 is 19.9 Å². The van der Waals surface area contributed by atoms with Gasteiger partial charge in [0, 0.05) is 19.7 Å². The van der Waals surface area contributed by atoms with Crippen molar-refractivity contribution in [3.63, 3.8) is 0 Å². The van der Waals surface area contributed by atoms with Crippen molar-refractivity contribution in [3.05, 3.63) is 58.8 Å². The third-order valence-electron chi connectivity index (χ3n) is 6.51. The fourth-order valence-electron chi connectivity index (χ4n) is 4.89. The summed E-state index contributed by atoms with van der Waals surface area (Å²) in [7, 11) is 1.10. The maximum absolute atomic E-state index is 14.2. The number of nitrogens with one attached hydrogen (secondary N) is 1. The summed E-state index contributed by atoms with van der Waals surface area (Å²) < 4.78 is 72.9. The Morgan fingerprint density at radius 1 is 1.31 bits per heavy atom. The van der Waals surface area contributed by atoms with E-state index in [1.165, 1.54) is 17.2 Å². The molecule has 2 aliphatic heterocycles. The molecule has 3 aliphatic rings. The minimum Gasteiger partial charge on any atom is -0.481 e. The van der Waals surface area contributed by atoms with E-state index in [9.17, 15) is 31.5 Å². The third kappa shape index (κ3) is 3.96. The Kier molecular flexibility index (Phi) is 5.41. The highest BCUT2D eigenvalue weighted by atomic mass is 19.4. The van der Waals surface area contributed by atoms with Crippen LogP contribution < -0.4 is 10.1 Å². The lowest BCUT2D eigenvalue weighted by atomic mass is 10.00. The summed E-state index contributed by atoms with van der Waals surface area (Å²) in [6.45, 7) is -0.345. The Morgan fingerprint density at radius 2 is 2.09 bits per heavy atom. The van der Waals surface area contributed by atoms with Crippen LogP contribution in [-0.4, -0.2) is 53.0 Å². The van der Waals surface area contributed by atoms with Gasteiger partial charge in [0.05, 0.1) is 25.4 Å². The monoisotopic (exact) mass is 496 g/mol. The van der Waals surface area contributed by atoms with Crippen LogP contribution in [0.2, 0.25) is 0 Å². The number of methoxy groups -OCH3 is 1. The first-order chi connectivity index (χ1) is 16.6. The van der Waals surface area contributed by atoms with E-state index in [1.54, 1.807) is 0 Å². The molecule has 3 heterocycles. The summed E-state index contributed by atoms with van der Waals surface area (Å²) in [5.74, 6) is -3.21. The summed E-state index contributed by atoms with van der Waals surface area (Å²) in [4.78, 5) is 31.9. The van der Waals surface area contributed by atoms with E-state index < -0.39 is 53.8 Å². The molecule has 1 aromatic carbocycles. The van der Waals surface area contributed by atoms with Crippen LogP contribution in [0, 0.1) is 17.6 Å². The zero-order valence-electron chi connectivity index (χ0n) is 18.3. The molecular weight excluding hydrogens is 475 g/mol. The van der Waals surface area contributed by atoms with E-state index >= 15 is 0 Å². The molecule has 3 amide bonds. The van der Waals surface area contributed by atoms with Crippen LogP contribution in [0.1, 0.15) is 24.5 Å². The van der Waals surface area contributed by atoms with E-state index in [0.717, 1.165) is 24.1 Å². The maximum Gasteiger partial charge on any atom is 0.421 e. The molecule has 1 fully saturated rings. The zero-order valence-corrected chi connectivity index (χ0v) is 18.3. The predicted octanol–water partition coefficient (Wildman–Crippen LogP) is 4.30. The van der Waals surface area contributed by atoms with Crippen LogP contribution in [0.15, 0.2) is 30.5 Å². The van der Waals surface area contributed by atoms with E-state index in [4.69, 9.17) is 4.74 Å². The molecule has 7 nitrogen and oxygen atoms in total. The molecule has 2 aromatic rings. The van der Waals surface area contributed by atoms with E-state index in [1.807, 2.05) is 6.08 Å². The number of halogens is 5. The molecule has 12 heteroatoms. The highest BCUT2D eigenvalue weighted by molar-refractivity contribution is 5.95. The Bertz CT molecular complexity index is 1270. The summed E-state index contributed by atoms with van der Waals surface area (Å²) in [6, 6.07) is 1.99. The summed E-state index contributed by atoms with van der Waals surface area (Å²) in [5, 5.41) is 2.45. The minimum absolute atomic E-state index is 0. The van der Waals surface area contributed by atoms with E-state index in [2.05, 4.69) is 10.3 Å². The van der Waals surface area contributed by atoms with Gasteiger partial charge in [0.1, 0.15) is 12.1 Å². The number of carbonyl (C=O) groups excluding carboxylic acids is 2. The average Bonchev–Trinajstić information content (AvgIpc) is 3.43. The predicted molar refractivity (Wildman–Crippen MR) is 115 cm³/mol. The van der Waals surface area contributed by atoms with Crippen molar-refractivity contribution >= 4 is 23.2 Å². The van der Waals surface area contributed by atoms with Gasteiger partial charge in [-0.1, -0.05) is 6.08 Å². The molecule has 0 saturated carbocycles. The van der Waals surface area contributed by atoms with Crippen molar-refractivity contribution in [3.8, 4) is 5.88 Å². The fraction of sp³-hybridized carbons (Fsp3) is 0.348. The standard InChI is InChI=1S/C23H19F5N4O3.H2/c1-35-21-15(23(26,27)28)6-12(7-29-21)13-4-11-5-18(13)32(8-11)19(33)10-31-9-14-17(30-22(31)34)3-2-16(24)20(14)25;/h2-4,6-7,11,18H,5,8-10H2,1H3,(H,30,34);1H/t11?,18-;/m1./s1. The molecule has 5 rings (SSSR count). The summed E-state index contributed by atoms with van der Waals surface area (Å²) in [5.41, 5.74) is -0.181. The number of ether oxygens (including phenoxy) is 1. The Morgan fingerprint density at radius 3 is 2.77 bits per heavy atom. The van der Waals surface area contributed by atoms with Crippen LogP contribution in [-0.2, 0) is 17.5 Å². The van der Waals surface area contributed by atoms with Gasteiger partial charge in [0.2, 0.25) is 11.8 Å². The molecule has 1 unspecified atom stereocenters. The van der Waals surface area contributed by atoms with Gasteiger partial charge in [-0.25, -0.2) is 18.6 Å². The van der Waals surface area contributed by atoms with Crippen molar-refractivity contribution in [2.45, 2.75) is 25.2 Å². The molecule has 35 heavy (non-hydrogen) atoms. The number of carbonyl (C=O) groups is 2. The number of fused-ring (bicyclic) bond motifs is 3. The Balaban J connectivity index is 0.00000304. The van der Waals surface area contributed by atoms with Crippen LogP contribution in [0.5, 0.6) is 5.88 Å². The van der Waals surface area contributed by atoms with Gasteiger partial charge in [-0.3, -0.25) is 4.79 Å². The van der Waals surface area contributed by atoms with Crippen molar-refractivity contribution < 1.29 is 37.7 Å². The first kappa shape index (κ1) is 23.1. The number of hydrogen-bond donors (Lipinski definition) is 1. The van der Waals surface area contributed by atoms with Crippen LogP contribution in [0.3, 0.4) is 0 Å². The van der Waals surface area contributed by atoms with E-state index in [0.29, 0.717) is 18.5 Å². The summed E-state index contributed by atoms with van der Waals surface area (Å²) in [6.07, 6.45) is -1.03. The molecule has 1 saturated heterocycles.